The van der Waals surface area contributed by atoms with Crippen molar-refractivity contribution in [2.24, 2.45) is 0 Å². The summed E-state index contributed by atoms with van der Waals surface area (Å²) < 4.78 is 4.70. The Hall–Kier alpha value is -2.28. The van der Waals surface area contributed by atoms with E-state index in [0.717, 1.165) is 0 Å². The number of hydrogen-bond donors (Lipinski definition) is 1. The van der Waals surface area contributed by atoms with Gasteiger partial charge in [0.25, 0.3) is 0 Å². The van der Waals surface area contributed by atoms with Crippen molar-refractivity contribution in [3.05, 3.63) is 29.3 Å². The van der Waals surface area contributed by atoms with Crippen molar-refractivity contribution in [1.82, 2.24) is 0 Å². The second-order valence-electron chi connectivity index (χ2n) is 3.18. The summed E-state index contributed by atoms with van der Waals surface area (Å²) >= 11 is 0. The first-order valence-electron chi connectivity index (χ1n) is 5.10. The Kier molecular flexibility index (Phi) is 4.77. The molecule has 0 atom stereocenters. The van der Waals surface area contributed by atoms with E-state index in [1.54, 1.807) is 13.0 Å². The van der Waals surface area contributed by atoms with Crippen LogP contribution in [-0.4, -0.2) is 24.0 Å². The van der Waals surface area contributed by atoms with Crippen LogP contribution in [0.25, 0.3) is 0 Å². The summed E-state index contributed by atoms with van der Waals surface area (Å²) in [5, 5.41) is 9.39. The van der Waals surface area contributed by atoms with Crippen molar-refractivity contribution >= 4 is 12.3 Å². The predicted octanol–water partition coefficient (Wildman–Crippen LogP) is 1.51. The molecule has 1 rings (SSSR count). The molecular formula is C13H12O4. The maximum Gasteiger partial charge on any atom is 0.317 e. The van der Waals surface area contributed by atoms with Gasteiger partial charge >= 0.3 is 5.97 Å². The van der Waals surface area contributed by atoms with Crippen LogP contribution < -0.4 is 0 Å². The molecule has 0 aliphatic heterocycles. The number of rotatable bonds is 3. The monoisotopic (exact) mass is 232 g/mol. The Bertz CT molecular complexity index is 480. The van der Waals surface area contributed by atoms with Gasteiger partial charge < -0.3 is 9.84 Å². The average molecular weight is 232 g/mol. The van der Waals surface area contributed by atoms with E-state index in [1.807, 2.05) is 0 Å². The molecule has 0 saturated carbocycles. The molecule has 0 unspecified atom stereocenters. The molecule has 4 nitrogen and oxygen atoms in total. The van der Waals surface area contributed by atoms with E-state index in [9.17, 15) is 14.7 Å². The molecule has 0 aromatic heterocycles. The number of aldehydes is 1. The van der Waals surface area contributed by atoms with Crippen molar-refractivity contribution in [1.29, 1.82) is 0 Å². The van der Waals surface area contributed by atoms with Crippen LogP contribution in [0.3, 0.4) is 0 Å². The smallest absolute Gasteiger partial charge is 0.317 e. The maximum atomic E-state index is 11.0. The summed E-state index contributed by atoms with van der Waals surface area (Å²) in [5.74, 6) is 4.82. The summed E-state index contributed by atoms with van der Waals surface area (Å²) in [6, 6.07) is 4.44. The predicted molar refractivity (Wildman–Crippen MR) is 61.6 cm³/mol. The van der Waals surface area contributed by atoms with Crippen LogP contribution in [0, 0.1) is 11.8 Å². The Labute approximate surface area is 99.2 Å². The molecule has 0 spiro atoms. The Morgan fingerprint density at radius 1 is 1.53 bits per heavy atom. The van der Waals surface area contributed by atoms with Gasteiger partial charge in [0.2, 0.25) is 0 Å². The van der Waals surface area contributed by atoms with E-state index in [-0.39, 0.29) is 23.7 Å². The molecule has 0 radical (unpaired) electrons. The normalized spacial score (nSPS) is 9.00. The Morgan fingerprint density at radius 2 is 2.29 bits per heavy atom. The van der Waals surface area contributed by atoms with Crippen molar-refractivity contribution in [2.75, 3.05) is 6.61 Å². The first-order valence-corrected chi connectivity index (χ1v) is 5.10. The summed E-state index contributed by atoms with van der Waals surface area (Å²) in [6.07, 6.45) is 0.565. The third kappa shape index (κ3) is 3.99. The number of ether oxygens (including phenoxy) is 1. The number of esters is 1. The second-order valence-corrected chi connectivity index (χ2v) is 3.18. The van der Waals surface area contributed by atoms with E-state index in [4.69, 9.17) is 4.74 Å². The van der Waals surface area contributed by atoms with Gasteiger partial charge in [-0.05, 0) is 25.1 Å². The van der Waals surface area contributed by atoms with Crippen LogP contribution >= 0.6 is 0 Å². The molecule has 0 aliphatic rings. The fourth-order valence-corrected chi connectivity index (χ4v) is 1.15. The van der Waals surface area contributed by atoms with Gasteiger partial charge in [-0.25, -0.2) is 0 Å². The maximum absolute atomic E-state index is 11.0. The van der Waals surface area contributed by atoms with Crippen LogP contribution in [0.15, 0.2) is 18.2 Å². The number of phenols is 1. The highest BCUT2D eigenvalue weighted by Gasteiger charge is 2.00. The molecule has 88 valence electrons. The lowest BCUT2D eigenvalue weighted by molar-refractivity contribution is -0.141. The molecule has 1 N–H and O–H groups in total. The minimum absolute atomic E-state index is 0.00400. The van der Waals surface area contributed by atoms with Crippen molar-refractivity contribution in [3.8, 4) is 17.6 Å². The number of carbonyl (C=O) groups excluding carboxylic acids is 2. The van der Waals surface area contributed by atoms with E-state index >= 15 is 0 Å². The van der Waals surface area contributed by atoms with Gasteiger partial charge in [-0.3, -0.25) is 9.59 Å². The molecule has 17 heavy (non-hydrogen) atoms. The lowest BCUT2D eigenvalue weighted by Crippen LogP contribution is -2.01. The van der Waals surface area contributed by atoms with Gasteiger partial charge in [0.15, 0.2) is 6.29 Å². The molecular weight excluding hydrogens is 220 g/mol. The molecule has 0 aliphatic carbocycles. The minimum atomic E-state index is -0.381. The zero-order valence-corrected chi connectivity index (χ0v) is 9.40. The fraction of sp³-hybridized carbons (Fsp3) is 0.231. The first kappa shape index (κ1) is 12.8. The Morgan fingerprint density at radius 3 is 2.88 bits per heavy atom. The standard InChI is InChI=1S/C13H12O4/c1-2-17-13(16)5-3-4-10-6-7-11(9-14)12(15)8-10/h6-9,15H,2,5H2,1H3. The minimum Gasteiger partial charge on any atom is -0.507 e. The largest absolute Gasteiger partial charge is 0.507 e. The Balaban J connectivity index is 2.69. The summed E-state index contributed by atoms with van der Waals surface area (Å²) in [6.45, 7) is 2.05. The third-order valence-electron chi connectivity index (χ3n) is 1.93. The third-order valence-corrected chi connectivity index (χ3v) is 1.93. The average Bonchev–Trinajstić information content (AvgIpc) is 2.29. The van der Waals surface area contributed by atoms with Crippen molar-refractivity contribution < 1.29 is 19.4 Å². The molecule has 1 aromatic rings. The van der Waals surface area contributed by atoms with Gasteiger partial charge in [0, 0.05) is 5.56 Å². The molecule has 1 aromatic carbocycles. The lowest BCUT2D eigenvalue weighted by atomic mass is 10.1. The molecule has 0 amide bonds. The topological polar surface area (TPSA) is 63.6 Å². The summed E-state index contributed by atoms with van der Waals surface area (Å²) in [4.78, 5) is 21.4. The van der Waals surface area contributed by atoms with Crippen LogP contribution in [-0.2, 0) is 9.53 Å². The number of hydrogen-bond acceptors (Lipinski definition) is 4. The van der Waals surface area contributed by atoms with Crippen LogP contribution in [0.5, 0.6) is 5.75 Å². The number of aromatic hydroxyl groups is 1. The fourth-order valence-electron chi connectivity index (χ4n) is 1.15. The molecule has 0 heterocycles. The number of phenolic OH excluding ortho intramolecular Hbond substituents is 1. The van der Waals surface area contributed by atoms with E-state index in [1.165, 1.54) is 12.1 Å². The zero-order chi connectivity index (χ0) is 12.7. The molecule has 0 fully saturated rings. The van der Waals surface area contributed by atoms with Gasteiger partial charge in [0.1, 0.15) is 12.2 Å². The number of benzene rings is 1. The number of carbonyl (C=O) groups is 2. The summed E-state index contributed by atoms with van der Waals surface area (Å²) in [5.41, 5.74) is 0.748. The highest BCUT2D eigenvalue weighted by atomic mass is 16.5. The molecule has 0 saturated heterocycles. The van der Waals surface area contributed by atoms with Crippen molar-refractivity contribution in [3.63, 3.8) is 0 Å². The van der Waals surface area contributed by atoms with Crippen LogP contribution in [0.4, 0.5) is 0 Å². The summed E-state index contributed by atoms with van der Waals surface area (Å²) in [7, 11) is 0. The lowest BCUT2D eigenvalue weighted by Gasteiger charge is -1.97. The highest BCUT2D eigenvalue weighted by molar-refractivity contribution is 5.79. The van der Waals surface area contributed by atoms with E-state index < -0.39 is 0 Å². The highest BCUT2D eigenvalue weighted by Crippen LogP contribution is 2.15. The van der Waals surface area contributed by atoms with Crippen molar-refractivity contribution in [2.45, 2.75) is 13.3 Å². The van der Waals surface area contributed by atoms with Gasteiger partial charge in [-0.1, -0.05) is 11.8 Å². The molecule has 4 heteroatoms. The quantitative estimate of drug-likeness (QED) is 0.487. The van der Waals surface area contributed by atoms with Gasteiger partial charge in [-0.15, -0.1) is 0 Å². The van der Waals surface area contributed by atoms with Gasteiger partial charge in [-0.2, -0.15) is 0 Å². The first-order chi connectivity index (χ1) is 8.17. The SMILES string of the molecule is CCOC(=O)CC#Cc1ccc(C=O)c(O)c1. The molecule has 0 bridgehead atoms. The van der Waals surface area contributed by atoms with Crippen LogP contribution in [0.2, 0.25) is 0 Å². The zero-order valence-electron chi connectivity index (χ0n) is 9.40. The second kappa shape index (κ2) is 6.33. The van der Waals surface area contributed by atoms with Crippen LogP contribution in [0.1, 0.15) is 29.3 Å². The van der Waals surface area contributed by atoms with E-state index in [2.05, 4.69) is 11.8 Å². The van der Waals surface area contributed by atoms with E-state index in [0.29, 0.717) is 18.5 Å². The van der Waals surface area contributed by atoms with Gasteiger partial charge in [0.05, 0.1) is 12.2 Å².